The quantitative estimate of drug-likeness (QED) is 0.560. The van der Waals surface area contributed by atoms with Crippen LogP contribution < -0.4 is 5.73 Å². The molecule has 0 aromatic heterocycles. The van der Waals surface area contributed by atoms with Crippen LogP contribution in [0.4, 0.5) is 0 Å². The average molecular weight is 156 g/mol. The van der Waals surface area contributed by atoms with Crippen LogP contribution in [0.25, 0.3) is 0 Å². The van der Waals surface area contributed by atoms with Crippen molar-refractivity contribution in [3.05, 3.63) is 12.2 Å². The highest BCUT2D eigenvalue weighted by molar-refractivity contribution is 5.94. The highest BCUT2D eigenvalue weighted by Crippen LogP contribution is 1.93. The molecule has 0 atom stereocenters. The number of rotatable bonds is 3. The summed E-state index contributed by atoms with van der Waals surface area (Å²) < 4.78 is 0. The van der Waals surface area contributed by atoms with Gasteiger partial charge in [-0.25, -0.2) is 0 Å². The zero-order valence-electron chi connectivity index (χ0n) is 6.76. The van der Waals surface area contributed by atoms with E-state index in [0.717, 1.165) is 0 Å². The van der Waals surface area contributed by atoms with E-state index in [0.29, 0.717) is 5.57 Å². The molecule has 4 nitrogen and oxygen atoms in total. The summed E-state index contributed by atoms with van der Waals surface area (Å²) in [4.78, 5) is 22.6. The maximum atomic E-state index is 11.0. The Balaban J connectivity index is 4.03. The predicted molar refractivity (Wildman–Crippen MR) is 41.6 cm³/mol. The van der Waals surface area contributed by atoms with E-state index in [-0.39, 0.29) is 12.5 Å². The lowest BCUT2D eigenvalue weighted by molar-refractivity contribution is -0.130. The van der Waals surface area contributed by atoms with E-state index in [4.69, 9.17) is 5.73 Å². The van der Waals surface area contributed by atoms with E-state index in [1.165, 1.54) is 11.9 Å². The van der Waals surface area contributed by atoms with Crippen LogP contribution in [0.2, 0.25) is 0 Å². The molecule has 0 aromatic rings. The Labute approximate surface area is 65.7 Å². The van der Waals surface area contributed by atoms with Crippen molar-refractivity contribution in [1.82, 2.24) is 4.90 Å². The fraction of sp³-hybridized carbons (Fsp3) is 0.429. The minimum absolute atomic E-state index is 0.0638. The van der Waals surface area contributed by atoms with Crippen molar-refractivity contribution < 1.29 is 9.59 Å². The van der Waals surface area contributed by atoms with E-state index in [9.17, 15) is 9.59 Å². The van der Waals surface area contributed by atoms with Gasteiger partial charge < -0.3 is 10.6 Å². The summed E-state index contributed by atoms with van der Waals surface area (Å²) in [5.74, 6) is -0.786. The molecule has 0 radical (unpaired) electrons. The fourth-order valence-electron chi connectivity index (χ4n) is 0.631. The third-order valence-corrected chi connectivity index (χ3v) is 1.10. The van der Waals surface area contributed by atoms with Crippen molar-refractivity contribution in [2.75, 3.05) is 13.6 Å². The van der Waals surface area contributed by atoms with E-state index >= 15 is 0 Å². The summed E-state index contributed by atoms with van der Waals surface area (Å²) in [5, 5.41) is 0. The lowest BCUT2D eigenvalue weighted by Gasteiger charge is -2.14. The van der Waals surface area contributed by atoms with Crippen LogP contribution in [-0.2, 0) is 9.59 Å². The number of carbonyl (C=O) groups excluding carboxylic acids is 2. The summed E-state index contributed by atoms with van der Waals surface area (Å²) in [7, 11) is 1.50. The summed E-state index contributed by atoms with van der Waals surface area (Å²) >= 11 is 0. The van der Waals surface area contributed by atoms with Crippen LogP contribution in [0.3, 0.4) is 0 Å². The molecule has 0 aliphatic rings. The molecule has 0 saturated carbocycles. The van der Waals surface area contributed by atoms with Gasteiger partial charge in [-0.15, -0.1) is 0 Å². The first-order valence-electron chi connectivity index (χ1n) is 3.14. The molecule has 4 heteroatoms. The maximum absolute atomic E-state index is 11.0. The monoisotopic (exact) mass is 156 g/mol. The highest BCUT2D eigenvalue weighted by atomic mass is 16.2. The van der Waals surface area contributed by atoms with Crippen LogP contribution in [0, 0.1) is 0 Å². The maximum Gasteiger partial charge on any atom is 0.249 e. The van der Waals surface area contributed by atoms with Gasteiger partial charge in [0.1, 0.15) is 0 Å². The van der Waals surface area contributed by atoms with Gasteiger partial charge in [0.2, 0.25) is 11.8 Å². The minimum Gasteiger partial charge on any atom is -0.368 e. The third-order valence-electron chi connectivity index (χ3n) is 1.10. The molecular formula is C7H12N2O2. The molecule has 0 bridgehead atoms. The molecule has 0 saturated heterocycles. The molecule has 0 aromatic carbocycles. The molecular weight excluding hydrogens is 144 g/mol. The molecule has 11 heavy (non-hydrogen) atoms. The van der Waals surface area contributed by atoms with Gasteiger partial charge in [-0.1, -0.05) is 6.58 Å². The molecule has 2 N–H and O–H groups in total. The number of hydrogen-bond acceptors (Lipinski definition) is 2. The Morgan fingerprint density at radius 1 is 1.55 bits per heavy atom. The van der Waals surface area contributed by atoms with Crippen molar-refractivity contribution in [2.45, 2.75) is 6.92 Å². The second kappa shape index (κ2) is 3.75. The summed E-state index contributed by atoms with van der Waals surface area (Å²) in [6.07, 6.45) is 0. The van der Waals surface area contributed by atoms with Crippen molar-refractivity contribution in [1.29, 1.82) is 0 Å². The summed E-state index contributed by atoms with van der Waals surface area (Å²) in [6.45, 7) is 4.96. The molecule has 0 fully saturated rings. The van der Waals surface area contributed by atoms with Gasteiger partial charge in [-0.2, -0.15) is 0 Å². The Morgan fingerprint density at radius 3 is 2.27 bits per heavy atom. The highest BCUT2D eigenvalue weighted by Gasteiger charge is 2.10. The normalized spacial score (nSPS) is 8.91. The van der Waals surface area contributed by atoms with E-state index in [1.807, 2.05) is 0 Å². The number of hydrogen-bond donors (Lipinski definition) is 1. The molecule has 62 valence electrons. The largest absolute Gasteiger partial charge is 0.368 e. The van der Waals surface area contributed by atoms with Gasteiger partial charge in [0.15, 0.2) is 0 Å². The average Bonchev–Trinajstić information content (AvgIpc) is 1.84. The first-order chi connectivity index (χ1) is 4.95. The molecule has 0 spiro atoms. The van der Waals surface area contributed by atoms with Gasteiger partial charge >= 0.3 is 0 Å². The first-order valence-corrected chi connectivity index (χ1v) is 3.14. The zero-order chi connectivity index (χ0) is 9.02. The van der Waals surface area contributed by atoms with Crippen molar-refractivity contribution in [2.24, 2.45) is 5.73 Å². The lowest BCUT2D eigenvalue weighted by atomic mass is 10.3. The SMILES string of the molecule is C=C(C)C(=O)N(C)CC(N)=O. The van der Waals surface area contributed by atoms with E-state index < -0.39 is 5.91 Å². The molecule has 0 unspecified atom stereocenters. The van der Waals surface area contributed by atoms with Crippen LogP contribution in [0.1, 0.15) is 6.92 Å². The van der Waals surface area contributed by atoms with Gasteiger partial charge in [0.05, 0.1) is 6.54 Å². The van der Waals surface area contributed by atoms with Gasteiger partial charge in [-0.3, -0.25) is 9.59 Å². The second-order valence-corrected chi connectivity index (χ2v) is 2.41. The Morgan fingerprint density at radius 2 is 2.00 bits per heavy atom. The molecule has 2 amide bonds. The van der Waals surface area contributed by atoms with Crippen LogP contribution in [-0.4, -0.2) is 30.3 Å². The van der Waals surface area contributed by atoms with Crippen LogP contribution in [0.5, 0.6) is 0 Å². The van der Waals surface area contributed by atoms with Gasteiger partial charge in [0.25, 0.3) is 0 Å². The number of amides is 2. The lowest BCUT2D eigenvalue weighted by Crippen LogP contribution is -2.35. The molecule has 0 rings (SSSR count). The molecule has 0 aliphatic heterocycles. The number of carbonyl (C=O) groups is 2. The summed E-state index contributed by atoms with van der Waals surface area (Å²) in [5.41, 5.74) is 5.27. The van der Waals surface area contributed by atoms with Gasteiger partial charge in [0, 0.05) is 12.6 Å². The van der Waals surface area contributed by atoms with Crippen LogP contribution >= 0.6 is 0 Å². The third kappa shape index (κ3) is 3.40. The Bertz CT molecular complexity index is 199. The van der Waals surface area contributed by atoms with Crippen molar-refractivity contribution in [3.63, 3.8) is 0 Å². The number of primary amides is 1. The van der Waals surface area contributed by atoms with Crippen molar-refractivity contribution >= 4 is 11.8 Å². The van der Waals surface area contributed by atoms with Crippen LogP contribution in [0.15, 0.2) is 12.2 Å². The van der Waals surface area contributed by atoms with E-state index in [2.05, 4.69) is 6.58 Å². The molecule has 0 heterocycles. The minimum atomic E-state index is -0.526. The number of nitrogens with two attached hydrogens (primary N) is 1. The smallest absolute Gasteiger partial charge is 0.249 e. The summed E-state index contributed by atoms with van der Waals surface area (Å²) in [6, 6.07) is 0. The van der Waals surface area contributed by atoms with Gasteiger partial charge in [-0.05, 0) is 6.92 Å². The number of nitrogens with zero attached hydrogens (tertiary/aromatic N) is 1. The topological polar surface area (TPSA) is 63.4 Å². The Kier molecular flexibility index (Phi) is 3.30. The zero-order valence-corrected chi connectivity index (χ0v) is 6.76. The van der Waals surface area contributed by atoms with E-state index in [1.54, 1.807) is 6.92 Å². The first kappa shape index (κ1) is 9.68. The van der Waals surface area contributed by atoms with Crippen molar-refractivity contribution in [3.8, 4) is 0 Å². The predicted octanol–water partition coefficient (Wildman–Crippen LogP) is -0.494. The second-order valence-electron chi connectivity index (χ2n) is 2.41. The Hall–Kier alpha value is -1.32. The number of likely N-dealkylation sites (N-methyl/N-ethyl adjacent to an activating group) is 1. The standard InChI is InChI=1S/C7H12N2O2/c1-5(2)7(11)9(3)4-6(8)10/h1,4H2,2-3H3,(H2,8,10). The molecule has 0 aliphatic carbocycles. The fourth-order valence-corrected chi connectivity index (χ4v) is 0.631.